The lowest BCUT2D eigenvalue weighted by Crippen LogP contribution is -2.03. The summed E-state index contributed by atoms with van der Waals surface area (Å²) in [6.07, 6.45) is 0.523. The SMILES string of the molecule is CCCS(=O)(=O)OCl. The Morgan fingerprint density at radius 1 is 1.62 bits per heavy atom. The van der Waals surface area contributed by atoms with Gasteiger partial charge in [0.1, 0.15) is 0 Å². The standard InChI is InChI=1S/C3H7ClO3S/c1-2-3-8(5,6)7-4/h2-3H2,1H3. The molecule has 0 aliphatic heterocycles. The molecule has 0 saturated heterocycles. The second-order valence-corrected chi connectivity index (χ2v) is 3.35. The van der Waals surface area contributed by atoms with E-state index in [4.69, 9.17) is 0 Å². The largest absolute Gasteiger partial charge is 0.283 e. The number of hydrogen-bond donors (Lipinski definition) is 0. The fourth-order valence-electron chi connectivity index (χ4n) is 0.281. The molecule has 0 aliphatic rings. The predicted octanol–water partition coefficient (Wildman–Crippen LogP) is 0.897. The van der Waals surface area contributed by atoms with Gasteiger partial charge in [0.2, 0.25) is 0 Å². The molecule has 3 nitrogen and oxygen atoms in total. The molecule has 0 N–H and O–H groups in total. The smallest absolute Gasteiger partial charge is 0.198 e. The van der Waals surface area contributed by atoms with E-state index < -0.39 is 10.1 Å². The Morgan fingerprint density at radius 3 is 2.25 bits per heavy atom. The molecule has 0 atom stereocenters. The number of hydrogen-bond acceptors (Lipinski definition) is 3. The van der Waals surface area contributed by atoms with Gasteiger partial charge in [-0.3, -0.25) is 0 Å². The van der Waals surface area contributed by atoms with Crippen molar-refractivity contribution >= 4 is 22.0 Å². The van der Waals surface area contributed by atoms with E-state index in [9.17, 15) is 8.42 Å². The van der Waals surface area contributed by atoms with Crippen LogP contribution in [0.3, 0.4) is 0 Å². The van der Waals surface area contributed by atoms with Crippen molar-refractivity contribution in [1.82, 2.24) is 0 Å². The quantitative estimate of drug-likeness (QED) is 0.613. The van der Waals surface area contributed by atoms with Crippen LogP contribution in [-0.2, 0) is 13.9 Å². The van der Waals surface area contributed by atoms with Crippen LogP contribution >= 0.6 is 11.9 Å². The molecule has 0 heterocycles. The van der Waals surface area contributed by atoms with Crippen molar-refractivity contribution in [2.75, 3.05) is 5.75 Å². The molecular weight excluding hydrogens is 152 g/mol. The van der Waals surface area contributed by atoms with E-state index in [1.54, 1.807) is 6.92 Å². The maximum Gasteiger partial charge on any atom is 0.283 e. The summed E-state index contributed by atoms with van der Waals surface area (Å²) in [6.45, 7) is 1.73. The molecular formula is C3H7ClO3S. The first kappa shape index (κ1) is 8.20. The van der Waals surface area contributed by atoms with Gasteiger partial charge in [-0.1, -0.05) is 6.92 Å². The second kappa shape index (κ2) is 3.27. The molecule has 0 spiro atoms. The molecule has 8 heavy (non-hydrogen) atoms. The lowest BCUT2D eigenvalue weighted by molar-refractivity contribution is 0.507. The van der Waals surface area contributed by atoms with Crippen molar-refractivity contribution < 1.29 is 12.2 Å². The number of halogens is 1. The molecule has 0 bridgehead atoms. The fourth-order valence-corrected chi connectivity index (χ4v) is 1.03. The van der Waals surface area contributed by atoms with E-state index in [1.165, 1.54) is 0 Å². The third-order valence-electron chi connectivity index (χ3n) is 0.550. The van der Waals surface area contributed by atoms with E-state index in [0.29, 0.717) is 6.42 Å². The molecule has 50 valence electrons. The van der Waals surface area contributed by atoms with Gasteiger partial charge in [0, 0.05) is 0 Å². The minimum Gasteiger partial charge on any atom is -0.198 e. The van der Waals surface area contributed by atoms with E-state index in [2.05, 4.69) is 15.6 Å². The lowest BCUT2D eigenvalue weighted by Gasteiger charge is -1.91. The fraction of sp³-hybridized carbons (Fsp3) is 1.00. The van der Waals surface area contributed by atoms with Crippen LogP contribution in [0.15, 0.2) is 0 Å². The highest BCUT2D eigenvalue weighted by Crippen LogP contribution is 1.97. The van der Waals surface area contributed by atoms with Gasteiger partial charge in [-0.15, -0.1) is 0 Å². The zero-order valence-corrected chi connectivity index (χ0v) is 6.00. The Morgan fingerprint density at radius 2 is 2.12 bits per heavy atom. The molecule has 0 radical (unpaired) electrons. The average Bonchev–Trinajstić information content (AvgIpc) is 1.67. The van der Waals surface area contributed by atoms with Crippen LogP contribution in [0.5, 0.6) is 0 Å². The topological polar surface area (TPSA) is 43.4 Å². The Hall–Kier alpha value is 0.200. The minimum absolute atomic E-state index is 0.0174. The van der Waals surface area contributed by atoms with Crippen LogP contribution < -0.4 is 0 Å². The average molecular weight is 159 g/mol. The van der Waals surface area contributed by atoms with Gasteiger partial charge < -0.3 is 0 Å². The third kappa shape index (κ3) is 3.23. The minimum atomic E-state index is -3.40. The predicted molar refractivity (Wildman–Crippen MR) is 31.0 cm³/mol. The Kier molecular flexibility index (Phi) is 3.35. The molecule has 0 fully saturated rings. The van der Waals surface area contributed by atoms with Crippen molar-refractivity contribution in [3.63, 3.8) is 0 Å². The summed E-state index contributed by atoms with van der Waals surface area (Å²) in [7, 11) is -3.40. The van der Waals surface area contributed by atoms with Gasteiger partial charge in [-0.2, -0.15) is 12.2 Å². The Labute approximate surface area is 53.9 Å². The molecule has 0 aromatic heterocycles. The first-order chi connectivity index (χ1) is 3.62. The number of rotatable bonds is 3. The summed E-state index contributed by atoms with van der Waals surface area (Å²) >= 11 is 4.58. The van der Waals surface area contributed by atoms with E-state index in [1.807, 2.05) is 0 Å². The van der Waals surface area contributed by atoms with Crippen LogP contribution in [0.25, 0.3) is 0 Å². The van der Waals surface area contributed by atoms with Crippen LogP contribution in [0, 0.1) is 0 Å². The highest BCUT2D eigenvalue weighted by atomic mass is 35.5. The summed E-state index contributed by atoms with van der Waals surface area (Å²) in [4.78, 5) is 0. The maximum atomic E-state index is 10.2. The zero-order valence-electron chi connectivity index (χ0n) is 4.43. The van der Waals surface area contributed by atoms with Gasteiger partial charge in [0.25, 0.3) is 10.1 Å². The van der Waals surface area contributed by atoms with Crippen molar-refractivity contribution in [1.29, 1.82) is 0 Å². The van der Waals surface area contributed by atoms with Crippen LogP contribution in [0.2, 0.25) is 0 Å². The van der Waals surface area contributed by atoms with E-state index >= 15 is 0 Å². The Bertz CT molecular complexity index is 139. The van der Waals surface area contributed by atoms with Gasteiger partial charge in [-0.25, -0.2) is 0 Å². The van der Waals surface area contributed by atoms with Gasteiger partial charge in [0.05, 0.1) is 17.6 Å². The van der Waals surface area contributed by atoms with Crippen LogP contribution in [0.4, 0.5) is 0 Å². The van der Waals surface area contributed by atoms with E-state index in [-0.39, 0.29) is 5.75 Å². The zero-order chi connectivity index (χ0) is 6.62. The van der Waals surface area contributed by atoms with Crippen LogP contribution in [0.1, 0.15) is 13.3 Å². The third-order valence-corrected chi connectivity index (χ3v) is 2.23. The molecule has 0 aromatic carbocycles. The first-order valence-corrected chi connectivity index (χ1v) is 4.04. The monoisotopic (exact) mass is 158 g/mol. The van der Waals surface area contributed by atoms with Gasteiger partial charge in [-0.05, 0) is 6.42 Å². The molecule has 0 rings (SSSR count). The molecule has 0 aliphatic carbocycles. The highest BCUT2D eigenvalue weighted by molar-refractivity contribution is 7.87. The summed E-state index contributed by atoms with van der Waals surface area (Å²) in [5.74, 6) is -0.0174. The molecule has 0 amide bonds. The van der Waals surface area contributed by atoms with Gasteiger partial charge >= 0.3 is 0 Å². The normalized spacial score (nSPS) is 11.8. The first-order valence-electron chi connectivity index (χ1n) is 2.15. The van der Waals surface area contributed by atoms with Crippen molar-refractivity contribution in [2.45, 2.75) is 13.3 Å². The molecule has 0 saturated carbocycles. The van der Waals surface area contributed by atoms with Gasteiger partial charge in [0.15, 0.2) is 0 Å². The highest BCUT2D eigenvalue weighted by Gasteiger charge is 2.06. The summed E-state index contributed by atoms with van der Waals surface area (Å²) < 4.78 is 24.1. The van der Waals surface area contributed by atoms with Crippen molar-refractivity contribution in [3.05, 3.63) is 0 Å². The maximum absolute atomic E-state index is 10.2. The summed E-state index contributed by atoms with van der Waals surface area (Å²) in [5.41, 5.74) is 0. The molecule has 0 aromatic rings. The van der Waals surface area contributed by atoms with Crippen molar-refractivity contribution in [2.24, 2.45) is 0 Å². The van der Waals surface area contributed by atoms with E-state index in [0.717, 1.165) is 0 Å². The molecule has 0 unspecified atom stereocenters. The summed E-state index contributed by atoms with van der Waals surface area (Å²) in [5, 5.41) is 0. The van der Waals surface area contributed by atoms with Crippen molar-refractivity contribution in [3.8, 4) is 0 Å². The summed E-state index contributed by atoms with van der Waals surface area (Å²) in [6, 6.07) is 0. The molecule has 5 heteroatoms. The second-order valence-electron chi connectivity index (χ2n) is 1.32. The van der Waals surface area contributed by atoms with Crippen LogP contribution in [-0.4, -0.2) is 14.2 Å². The Balaban J connectivity index is 3.76. The lowest BCUT2D eigenvalue weighted by atomic mass is 10.6.